The fourth-order valence-electron chi connectivity index (χ4n) is 2.51. The molecule has 3 N–H and O–H groups in total. The highest BCUT2D eigenvalue weighted by atomic mass is 16.2. The Morgan fingerprint density at radius 2 is 1.71 bits per heavy atom. The zero-order valence-corrected chi connectivity index (χ0v) is 14.9. The van der Waals surface area contributed by atoms with Gasteiger partial charge in [0, 0.05) is 30.7 Å². The lowest BCUT2D eigenvalue weighted by Gasteiger charge is -2.09. The van der Waals surface area contributed by atoms with Crippen LogP contribution in [0.5, 0.6) is 0 Å². The lowest BCUT2D eigenvalue weighted by Crippen LogP contribution is -2.39. The molecule has 0 unspecified atom stereocenters. The van der Waals surface area contributed by atoms with Gasteiger partial charge in [-0.25, -0.2) is 4.79 Å². The number of carbonyl (C=O) groups excluding carboxylic acids is 2. The van der Waals surface area contributed by atoms with Crippen molar-refractivity contribution in [2.45, 2.75) is 13.5 Å². The van der Waals surface area contributed by atoms with Gasteiger partial charge < -0.3 is 15.6 Å². The Morgan fingerprint density at radius 1 is 1.04 bits per heavy atom. The maximum absolute atomic E-state index is 12.6. The van der Waals surface area contributed by atoms with E-state index in [-0.39, 0.29) is 18.0 Å². The second-order valence-corrected chi connectivity index (χ2v) is 5.93. The molecule has 2 aromatic heterocycles. The minimum atomic E-state index is -0.721. The van der Waals surface area contributed by atoms with E-state index in [1.165, 1.54) is 6.92 Å². The number of carbonyl (C=O) groups is 2. The number of aromatic amines is 1. The van der Waals surface area contributed by atoms with Gasteiger partial charge in [0.05, 0.1) is 12.2 Å². The lowest BCUT2D eigenvalue weighted by molar-refractivity contribution is -0.114. The second kappa shape index (κ2) is 8.12. The molecule has 0 radical (unpaired) electrons. The molecule has 9 heteroatoms. The SMILES string of the molecule is CC(=O)Nc1ccc(NC(=O)c2c[nH]c(=O)n(Cc3ccccn3)c2=O)cc1. The number of benzene rings is 1. The van der Waals surface area contributed by atoms with Crippen LogP contribution in [-0.4, -0.2) is 26.3 Å². The number of nitrogens with zero attached hydrogens (tertiary/aromatic N) is 2. The second-order valence-electron chi connectivity index (χ2n) is 5.93. The van der Waals surface area contributed by atoms with Crippen LogP contribution >= 0.6 is 0 Å². The molecule has 0 aliphatic heterocycles. The summed E-state index contributed by atoms with van der Waals surface area (Å²) in [5.74, 6) is -0.873. The third kappa shape index (κ3) is 4.39. The number of nitrogens with one attached hydrogen (secondary N) is 3. The predicted molar refractivity (Wildman–Crippen MR) is 103 cm³/mol. The van der Waals surface area contributed by atoms with Crippen molar-refractivity contribution in [1.29, 1.82) is 0 Å². The van der Waals surface area contributed by atoms with Gasteiger partial charge >= 0.3 is 5.69 Å². The van der Waals surface area contributed by atoms with Gasteiger partial charge in [0.1, 0.15) is 5.56 Å². The highest BCUT2D eigenvalue weighted by Crippen LogP contribution is 2.14. The van der Waals surface area contributed by atoms with E-state index in [1.54, 1.807) is 48.7 Å². The van der Waals surface area contributed by atoms with Crippen LogP contribution in [0.15, 0.2) is 64.4 Å². The first-order valence-corrected chi connectivity index (χ1v) is 8.35. The van der Waals surface area contributed by atoms with Gasteiger partial charge in [-0.1, -0.05) is 6.07 Å². The van der Waals surface area contributed by atoms with E-state index in [1.807, 2.05) is 0 Å². The Morgan fingerprint density at radius 3 is 2.32 bits per heavy atom. The number of aromatic nitrogens is 3. The zero-order chi connectivity index (χ0) is 20.1. The van der Waals surface area contributed by atoms with Crippen LogP contribution in [0.2, 0.25) is 0 Å². The fraction of sp³-hybridized carbons (Fsp3) is 0.105. The fourth-order valence-corrected chi connectivity index (χ4v) is 2.51. The van der Waals surface area contributed by atoms with Gasteiger partial charge in [0.2, 0.25) is 5.91 Å². The Labute approximate surface area is 159 Å². The first-order valence-electron chi connectivity index (χ1n) is 8.35. The molecule has 2 heterocycles. The summed E-state index contributed by atoms with van der Waals surface area (Å²) in [7, 11) is 0. The van der Waals surface area contributed by atoms with Crippen molar-refractivity contribution in [2.24, 2.45) is 0 Å². The molecule has 0 aliphatic rings. The molecule has 2 amide bonds. The molecule has 9 nitrogen and oxygen atoms in total. The maximum Gasteiger partial charge on any atom is 0.328 e. The summed E-state index contributed by atoms with van der Waals surface area (Å²) >= 11 is 0. The van der Waals surface area contributed by atoms with Crippen molar-refractivity contribution in [2.75, 3.05) is 10.6 Å². The van der Waals surface area contributed by atoms with Crippen molar-refractivity contribution in [1.82, 2.24) is 14.5 Å². The van der Waals surface area contributed by atoms with Crippen LogP contribution in [0, 0.1) is 0 Å². The Bertz CT molecular complexity index is 1120. The smallest absolute Gasteiger partial charge is 0.326 e. The van der Waals surface area contributed by atoms with Gasteiger partial charge in [-0.3, -0.25) is 23.9 Å². The molecular weight excluding hydrogens is 362 g/mol. The van der Waals surface area contributed by atoms with Crippen LogP contribution < -0.4 is 21.9 Å². The first-order chi connectivity index (χ1) is 13.4. The van der Waals surface area contributed by atoms with Crippen LogP contribution in [-0.2, 0) is 11.3 Å². The lowest BCUT2D eigenvalue weighted by atomic mass is 10.2. The largest absolute Gasteiger partial charge is 0.328 e. The van der Waals surface area contributed by atoms with Crippen molar-refractivity contribution in [3.63, 3.8) is 0 Å². The molecule has 3 aromatic rings. The van der Waals surface area contributed by atoms with Crippen LogP contribution in [0.4, 0.5) is 11.4 Å². The average Bonchev–Trinajstić information content (AvgIpc) is 2.67. The van der Waals surface area contributed by atoms with Gasteiger partial charge in [-0.15, -0.1) is 0 Å². The summed E-state index contributed by atoms with van der Waals surface area (Å²) in [6.07, 6.45) is 2.64. The molecule has 0 spiro atoms. The Balaban J connectivity index is 1.82. The predicted octanol–water partition coefficient (Wildman–Crippen LogP) is 1.19. The number of H-pyrrole nitrogens is 1. The minimum Gasteiger partial charge on any atom is -0.326 e. The molecule has 0 fully saturated rings. The van der Waals surface area contributed by atoms with Gasteiger partial charge in [0.15, 0.2) is 0 Å². The number of hydrogen-bond donors (Lipinski definition) is 3. The molecule has 0 saturated heterocycles. The van der Waals surface area contributed by atoms with E-state index in [4.69, 9.17) is 0 Å². The molecular formula is C19H17N5O4. The van der Waals surface area contributed by atoms with Crippen molar-refractivity contribution in [3.8, 4) is 0 Å². The Kier molecular flexibility index (Phi) is 5.45. The average molecular weight is 379 g/mol. The number of hydrogen-bond acceptors (Lipinski definition) is 5. The van der Waals surface area contributed by atoms with Crippen molar-refractivity contribution >= 4 is 23.2 Å². The number of anilines is 2. The highest BCUT2D eigenvalue weighted by Gasteiger charge is 2.15. The standard InChI is InChI=1S/C19H17N5O4/c1-12(25)22-13-5-7-14(8-6-13)23-17(26)16-10-21-19(28)24(18(16)27)11-15-4-2-3-9-20-15/h2-10H,11H2,1H3,(H,21,28)(H,22,25)(H,23,26). The van der Waals surface area contributed by atoms with E-state index in [9.17, 15) is 19.2 Å². The van der Waals surface area contributed by atoms with E-state index < -0.39 is 17.2 Å². The molecule has 28 heavy (non-hydrogen) atoms. The molecule has 0 saturated carbocycles. The molecule has 0 atom stereocenters. The number of rotatable bonds is 5. The Hall–Kier alpha value is -4.01. The first kappa shape index (κ1) is 18.8. The van der Waals surface area contributed by atoms with E-state index >= 15 is 0 Å². The van der Waals surface area contributed by atoms with Crippen molar-refractivity contribution < 1.29 is 9.59 Å². The summed E-state index contributed by atoms with van der Waals surface area (Å²) < 4.78 is 0.914. The minimum absolute atomic E-state index is 0.0540. The number of amides is 2. The summed E-state index contributed by atoms with van der Waals surface area (Å²) in [6.45, 7) is 1.34. The molecule has 142 valence electrons. The summed E-state index contributed by atoms with van der Waals surface area (Å²) in [6, 6.07) is 11.5. The van der Waals surface area contributed by atoms with E-state index in [2.05, 4.69) is 20.6 Å². The third-order valence-electron chi connectivity index (χ3n) is 3.81. The maximum atomic E-state index is 12.6. The van der Waals surface area contributed by atoms with Crippen molar-refractivity contribution in [3.05, 3.63) is 87.0 Å². The van der Waals surface area contributed by atoms with Gasteiger partial charge in [-0.05, 0) is 36.4 Å². The normalized spacial score (nSPS) is 10.3. The highest BCUT2D eigenvalue weighted by molar-refractivity contribution is 6.04. The van der Waals surface area contributed by atoms with E-state index in [0.717, 1.165) is 10.8 Å². The zero-order valence-electron chi connectivity index (χ0n) is 14.9. The van der Waals surface area contributed by atoms with Crippen LogP contribution in [0.1, 0.15) is 23.0 Å². The number of pyridine rings is 1. The van der Waals surface area contributed by atoms with Crippen LogP contribution in [0.25, 0.3) is 0 Å². The summed E-state index contributed by atoms with van der Waals surface area (Å²) in [4.78, 5) is 54.6. The molecule has 0 bridgehead atoms. The van der Waals surface area contributed by atoms with E-state index in [0.29, 0.717) is 17.1 Å². The molecule has 3 rings (SSSR count). The quantitative estimate of drug-likeness (QED) is 0.614. The molecule has 1 aromatic carbocycles. The molecule has 0 aliphatic carbocycles. The van der Waals surface area contributed by atoms with Gasteiger partial charge in [-0.2, -0.15) is 0 Å². The third-order valence-corrected chi connectivity index (χ3v) is 3.81. The summed E-state index contributed by atoms with van der Waals surface area (Å²) in [5.41, 5.74) is -0.0374. The van der Waals surface area contributed by atoms with Gasteiger partial charge in [0.25, 0.3) is 11.5 Å². The monoisotopic (exact) mass is 379 g/mol. The summed E-state index contributed by atoms with van der Waals surface area (Å²) in [5, 5.41) is 5.20. The van der Waals surface area contributed by atoms with Crippen LogP contribution in [0.3, 0.4) is 0 Å². The topological polar surface area (TPSA) is 126 Å².